The van der Waals surface area contributed by atoms with Gasteiger partial charge >= 0.3 is 0 Å². The van der Waals surface area contributed by atoms with Gasteiger partial charge in [0.1, 0.15) is 0 Å². The van der Waals surface area contributed by atoms with Crippen LogP contribution in [-0.2, 0) is 4.79 Å². The summed E-state index contributed by atoms with van der Waals surface area (Å²) in [6.45, 7) is 4.33. The zero-order valence-electron chi connectivity index (χ0n) is 12.8. The van der Waals surface area contributed by atoms with Gasteiger partial charge in [0, 0.05) is 25.2 Å². The molecule has 0 saturated carbocycles. The third-order valence-electron chi connectivity index (χ3n) is 3.59. The number of hydrogen-bond acceptors (Lipinski definition) is 4. The van der Waals surface area contributed by atoms with Crippen LogP contribution in [0.5, 0.6) is 0 Å². The lowest BCUT2D eigenvalue weighted by atomic mass is 9.98. The summed E-state index contributed by atoms with van der Waals surface area (Å²) in [6.07, 6.45) is 2.77. The van der Waals surface area contributed by atoms with Crippen LogP contribution in [-0.4, -0.2) is 39.5 Å². The van der Waals surface area contributed by atoms with Crippen LogP contribution >= 0.6 is 0 Å². The molecule has 0 bridgehead atoms. The minimum atomic E-state index is -1.00. The Balaban J connectivity index is 2.02. The molecule has 22 heavy (non-hydrogen) atoms. The van der Waals surface area contributed by atoms with Crippen molar-refractivity contribution in [2.75, 3.05) is 13.1 Å². The molecule has 0 atom stereocenters. The van der Waals surface area contributed by atoms with E-state index in [2.05, 4.69) is 0 Å². The highest BCUT2D eigenvalue weighted by molar-refractivity contribution is 5.79. The predicted octanol–water partition coefficient (Wildman–Crippen LogP) is 2.37. The fourth-order valence-corrected chi connectivity index (χ4v) is 2.44. The first-order chi connectivity index (χ1) is 10.3. The van der Waals surface area contributed by atoms with E-state index in [1.807, 2.05) is 6.08 Å². The Labute approximate surface area is 129 Å². The number of hydrogen-bond donors (Lipinski definition) is 1. The lowest BCUT2D eigenvalue weighted by molar-refractivity contribution is -0.384. The summed E-state index contributed by atoms with van der Waals surface area (Å²) in [6, 6.07) is 6.44. The van der Waals surface area contributed by atoms with E-state index in [1.165, 1.54) is 12.1 Å². The summed E-state index contributed by atoms with van der Waals surface area (Å²) < 4.78 is 0. The van der Waals surface area contributed by atoms with Crippen LogP contribution in [0, 0.1) is 10.1 Å². The van der Waals surface area contributed by atoms with Gasteiger partial charge in [-0.3, -0.25) is 14.9 Å². The molecular weight excluding hydrogens is 284 g/mol. The lowest BCUT2D eigenvalue weighted by Crippen LogP contribution is -2.38. The summed E-state index contributed by atoms with van der Waals surface area (Å²) in [5.74, 6) is -0.0634. The average Bonchev–Trinajstić information content (AvgIpc) is 2.46. The van der Waals surface area contributed by atoms with E-state index in [9.17, 15) is 20.0 Å². The second-order valence-corrected chi connectivity index (χ2v) is 6.11. The Bertz CT molecular complexity index is 600. The maximum Gasteiger partial charge on any atom is 0.269 e. The van der Waals surface area contributed by atoms with Crippen molar-refractivity contribution in [1.82, 2.24) is 4.90 Å². The quantitative estimate of drug-likeness (QED) is 0.683. The molecule has 0 fully saturated rings. The fourth-order valence-electron chi connectivity index (χ4n) is 2.44. The van der Waals surface area contributed by atoms with E-state index in [0.29, 0.717) is 19.5 Å². The third kappa shape index (κ3) is 4.14. The minimum absolute atomic E-state index is 0.0634. The number of non-ortho nitro benzene ring substituents is 1. The molecule has 0 aliphatic carbocycles. The number of amides is 1. The molecule has 6 nitrogen and oxygen atoms in total. The number of carbonyl (C=O) groups excluding carboxylic acids is 1. The van der Waals surface area contributed by atoms with Gasteiger partial charge in [0.15, 0.2) is 0 Å². The van der Waals surface area contributed by atoms with E-state index in [-0.39, 0.29) is 18.0 Å². The molecule has 6 heteroatoms. The molecule has 1 heterocycles. The number of nitro benzene ring substituents is 1. The van der Waals surface area contributed by atoms with Crippen LogP contribution in [0.15, 0.2) is 30.3 Å². The smallest absolute Gasteiger partial charge is 0.269 e. The highest BCUT2D eigenvalue weighted by Crippen LogP contribution is 2.25. The Kier molecular flexibility index (Phi) is 4.61. The van der Waals surface area contributed by atoms with Crippen LogP contribution in [0.1, 0.15) is 32.3 Å². The SMILES string of the molecule is CC(C)(O)CC(=O)N1CC=C(c2ccc([N+](=O)[O-])cc2)CC1. The molecule has 0 radical (unpaired) electrons. The minimum Gasteiger partial charge on any atom is -0.390 e. The van der Waals surface area contributed by atoms with Crippen molar-refractivity contribution in [2.24, 2.45) is 0 Å². The molecule has 1 aliphatic heterocycles. The van der Waals surface area contributed by atoms with Gasteiger partial charge in [-0.25, -0.2) is 0 Å². The molecule has 1 amide bonds. The normalized spacial score (nSPS) is 15.4. The second kappa shape index (κ2) is 6.27. The van der Waals surface area contributed by atoms with E-state index in [1.54, 1.807) is 30.9 Å². The monoisotopic (exact) mass is 304 g/mol. The Morgan fingerprint density at radius 1 is 1.36 bits per heavy atom. The zero-order chi connectivity index (χ0) is 16.3. The van der Waals surface area contributed by atoms with Gasteiger partial charge in [0.05, 0.1) is 16.9 Å². The molecule has 118 valence electrons. The Hall–Kier alpha value is -2.21. The summed E-state index contributed by atoms with van der Waals surface area (Å²) >= 11 is 0. The van der Waals surface area contributed by atoms with Crippen LogP contribution in [0.25, 0.3) is 5.57 Å². The van der Waals surface area contributed by atoms with Crippen molar-refractivity contribution >= 4 is 17.2 Å². The van der Waals surface area contributed by atoms with Gasteiger partial charge < -0.3 is 10.0 Å². The molecule has 0 aromatic heterocycles. The Morgan fingerprint density at radius 2 is 2.00 bits per heavy atom. The lowest BCUT2D eigenvalue weighted by Gasteiger charge is -2.29. The first-order valence-corrected chi connectivity index (χ1v) is 7.20. The topological polar surface area (TPSA) is 83.7 Å². The fraction of sp³-hybridized carbons (Fsp3) is 0.438. The van der Waals surface area contributed by atoms with Crippen LogP contribution in [0.4, 0.5) is 5.69 Å². The average molecular weight is 304 g/mol. The highest BCUT2D eigenvalue weighted by atomic mass is 16.6. The number of nitro groups is 1. The summed E-state index contributed by atoms with van der Waals surface area (Å²) in [5.41, 5.74) is 1.10. The van der Waals surface area contributed by atoms with Gasteiger partial charge in [0.2, 0.25) is 5.91 Å². The molecule has 1 aliphatic rings. The van der Waals surface area contributed by atoms with Crippen molar-refractivity contribution in [1.29, 1.82) is 0 Å². The largest absolute Gasteiger partial charge is 0.390 e. The van der Waals surface area contributed by atoms with E-state index in [4.69, 9.17) is 0 Å². The number of rotatable bonds is 4. The zero-order valence-corrected chi connectivity index (χ0v) is 12.8. The summed E-state index contributed by atoms with van der Waals surface area (Å²) in [7, 11) is 0. The van der Waals surface area contributed by atoms with E-state index >= 15 is 0 Å². The molecule has 1 N–H and O–H groups in total. The second-order valence-electron chi connectivity index (χ2n) is 6.11. The van der Waals surface area contributed by atoms with Gasteiger partial charge in [-0.05, 0) is 43.5 Å². The molecule has 0 spiro atoms. The van der Waals surface area contributed by atoms with E-state index < -0.39 is 10.5 Å². The standard InChI is InChI=1S/C16H20N2O4/c1-16(2,20)11-15(19)17-9-7-13(8-10-17)12-3-5-14(6-4-12)18(21)22/h3-7,20H,8-11H2,1-2H3. The molecule has 1 aromatic rings. The molecular formula is C16H20N2O4. The van der Waals surface area contributed by atoms with Crippen LogP contribution in [0.3, 0.4) is 0 Å². The maximum absolute atomic E-state index is 12.0. The number of carbonyl (C=O) groups is 1. The first-order valence-electron chi connectivity index (χ1n) is 7.20. The number of benzene rings is 1. The molecule has 2 rings (SSSR count). The molecule has 1 aromatic carbocycles. The van der Waals surface area contributed by atoms with Crippen molar-refractivity contribution in [2.45, 2.75) is 32.3 Å². The first kappa shape index (κ1) is 16.2. The van der Waals surface area contributed by atoms with Crippen LogP contribution < -0.4 is 0 Å². The Morgan fingerprint density at radius 3 is 2.45 bits per heavy atom. The molecule has 0 saturated heterocycles. The number of nitrogens with zero attached hydrogens (tertiary/aromatic N) is 2. The van der Waals surface area contributed by atoms with Crippen molar-refractivity contribution < 1.29 is 14.8 Å². The van der Waals surface area contributed by atoms with Gasteiger partial charge in [-0.2, -0.15) is 0 Å². The van der Waals surface area contributed by atoms with Crippen molar-refractivity contribution in [3.05, 3.63) is 46.0 Å². The van der Waals surface area contributed by atoms with Crippen molar-refractivity contribution in [3.63, 3.8) is 0 Å². The maximum atomic E-state index is 12.0. The summed E-state index contributed by atoms with van der Waals surface area (Å²) in [4.78, 5) is 24.0. The van der Waals surface area contributed by atoms with Crippen molar-refractivity contribution in [3.8, 4) is 0 Å². The van der Waals surface area contributed by atoms with Gasteiger partial charge in [-0.15, -0.1) is 0 Å². The number of aliphatic hydroxyl groups is 1. The molecule has 0 unspecified atom stereocenters. The van der Waals surface area contributed by atoms with Crippen LogP contribution in [0.2, 0.25) is 0 Å². The summed E-state index contributed by atoms with van der Waals surface area (Å²) in [5, 5.41) is 20.3. The predicted molar refractivity (Wildman–Crippen MR) is 83.2 cm³/mol. The third-order valence-corrected chi connectivity index (χ3v) is 3.59. The van der Waals surface area contributed by atoms with Gasteiger partial charge in [-0.1, -0.05) is 6.08 Å². The highest BCUT2D eigenvalue weighted by Gasteiger charge is 2.24. The van der Waals surface area contributed by atoms with E-state index in [0.717, 1.165) is 11.1 Å². The van der Waals surface area contributed by atoms with Gasteiger partial charge in [0.25, 0.3) is 5.69 Å².